The summed E-state index contributed by atoms with van der Waals surface area (Å²) in [5, 5.41) is 15.5. The number of esters is 4. The van der Waals surface area contributed by atoms with Gasteiger partial charge in [-0.05, 0) is 136 Å². The Labute approximate surface area is 479 Å². The summed E-state index contributed by atoms with van der Waals surface area (Å²) in [5.41, 5.74) is 5.17. The summed E-state index contributed by atoms with van der Waals surface area (Å²) in [6.45, 7) is 13.1. The second-order valence-corrected chi connectivity index (χ2v) is 22.8. The fraction of sp³-hybridized carbons (Fsp3) is 0.438. The number of benzene rings is 4. The van der Waals surface area contributed by atoms with Crippen molar-refractivity contribution in [3.8, 4) is 11.5 Å². The number of unbranched alkanes of at least 4 members (excludes halogenated alkanes) is 6. The van der Waals surface area contributed by atoms with E-state index in [9.17, 15) is 19.2 Å². The Bertz CT molecular complexity index is 2830. The molecule has 0 N–H and O–H groups in total. The minimum atomic E-state index is -0.486. The molecule has 8 rings (SSSR count). The van der Waals surface area contributed by atoms with Gasteiger partial charge in [0.2, 0.25) is 10.3 Å². The molecule has 14 nitrogen and oxygen atoms in total. The first kappa shape index (κ1) is 59.1. The summed E-state index contributed by atoms with van der Waals surface area (Å²) in [5.74, 6) is -0.0297. The average Bonchev–Trinajstić information content (AvgIpc) is 4.13. The van der Waals surface area contributed by atoms with Crippen LogP contribution >= 0.6 is 22.7 Å². The minimum absolute atomic E-state index is 0.163. The van der Waals surface area contributed by atoms with E-state index in [-0.39, 0.29) is 37.0 Å². The van der Waals surface area contributed by atoms with E-state index in [2.05, 4.69) is 39.1 Å². The van der Waals surface area contributed by atoms with Crippen LogP contribution in [0.15, 0.2) is 120 Å². The van der Waals surface area contributed by atoms with Crippen LogP contribution in [0.1, 0.15) is 139 Å². The van der Waals surface area contributed by atoms with E-state index in [1.165, 1.54) is 0 Å². The van der Waals surface area contributed by atoms with Crippen molar-refractivity contribution < 1.29 is 38.1 Å². The number of nitrogens with zero attached hydrogens (tertiary/aromatic N) is 6. The first-order chi connectivity index (χ1) is 39.1. The van der Waals surface area contributed by atoms with Crippen molar-refractivity contribution >= 4 is 89.7 Å². The molecule has 0 amide bonds. The Morgan fingerprint density at radius 2 is 0.975 bits per heavy atom. The molecule has 0 atom stereocenters. The van der Waals surface area contributed by atoms with Crippen molar-refractivity contribution in [3.63, 3.8) is 0 Å². The quantitative estimate of drug-likeness (QED) is 0.0109. The smallest absolute Gasteiger partial charge is 0.330 e. The molecule has 2 saturated carbocycles. The third-order valence-electron chi connectivity index (χ3n) is 15.2. The van der Waals surface area contributed by atoms with Gasteiger partial charge in [-0.15, -0.1) is 0 Å². The van der Waals surface area contributed by atoms with Gasteiger partial charge in [0.1, 0.15) is 11.5 Å². The highest BCUT2D eigenvalue weighted by atomic mass is 32.1. The third kappa shape index (κ3) is 17.0. The number of carbonyl (C=O) groups is 4. The maximum Gasteiger partial charge on any atom is 0.330 e. The van der Waals surface area contributed by atoms with Gasteiger partial charge in [0.25, 0.3) is 0 Å². The van der Waals surface area contributed by atoms with Gasteiger partial charge < -0.3 is 18.9 Å². The monoisotopic (exact) mass is 1120 g/mol. The van der Waals surface area contributed by atoms with Crippen LogP contribution in [0.3, 0.4) is 0 Å². The topological polar surface area (TPSA) is 162 Å². The summed E-state index contributed by atoms with van der Waals surface area (Å²) in [4.78, 5) is 61.2. The predicted molar refractivity (Wildman–Crippen MR) is 322 cm³/mol. The summed E-state index contributed by atoms with van der Waals surface area (Å²) >= 11 is 3.20. The Hall–Kier alpha value is -7.04. The fourth-order valence-corrected chi connectivity index (χ4v) is 12.5. The van der Waals surface area contributed by atoms with Gasteiger partial charge in [-0.2, -0.15) is 10.2 Å². The Morgan fingerprint density at radius 3 is 1.36 bits per heavy atom. The van der Waals surface area contributed by atoms with Crippen molar-refractivity contribution in [3.05, 3.63) is 132 Å². The van der Waals surface area contributed by atoms with Crippen LogP contribution in [-0.2, 0) is 41.5 Å². The van der Waals surface area contributed by atoms with Crippen LogP contribution in [0.2, 0.25) is 0 Å². The zero-order valence-corrected chi connectivity index (χ0v) is 48.1. The Balaban J connectivity index is 0.865. The normalized spacial score (nSPS) is 17.4. The van der Waals surface area contributed by atoms with Gasteiger partial charge in [0.15, 0.2) is 0 Å². The lowest BCUT2D eigenvalue weighted by molar-refractivity contribution is -0.142. The lowest BCUT2D eigenvalue weighted by Gasteiger charge is -2.36. The van der Waals surface area contributed by atoms with E-state index in [1.807, 2.05) is 70.7 Å². The van der Waals surface area contributed by atoms with Crippen molar-refractivity contribution in [2.24, 2.45) is 33.9 Å². The second kappa shape index (κ2) is 30.5. The number of rotatable bonds is 29. The van der Waals surface area contributed by atoms with E-state index in [1.54, 1.807) is 47.2 Å². The molecule has 2 aliphatic carbocycles. The molecule has 80 heavy (non-hydrogen) atoms. The summed E-state index contributed by atoms with van der Waals surface area (Å²) in [6.07, 6.45) is 22.1. The summed E-state index contributed by atoms with van der Waals surface area (Å²) in [7, 11) is 0. The molecule has 6 aromatic rings. The van der Waals surface area contributed by atoms with Gasteiger partial charge in [-0.25, -0.2) is 29.6 Å². The largest absolute Gasteiger partial charge is 0.462 e. The molecule has 2 aliphatic rings. The van der Waals surface area contributed by atoms with Crippen LogP contribution in [0.4, 0.5) is 10.3 Å². The predicted octanol–water partition coefficient (Wildman–Crippen LogP) is 14.4. The van der Waals surface area contributed by atoms with Gasteiger partial charge >= 0.3 is 23.9 Å². The number of hydrogen-bond acceptors (Lipinski definition) is 16. The van der Waals surface area contributed by atoms with E-state index >= 15 is 0 Å². The molecule has 0 saturated heterocycles. The van der Waals surface area contributed by atoms with Crippen molar-refractivity contribution in [2.45, 2.75) is 129 Å². The van der Waals surface area contributed by atoms with Crippen molar-refractivity contribution in [1.82, 2.24) is 9.97 Å². The number of fused-ring (bicyclic) bond motifs is 2. The molecule has 4 aromatic carbocycles. The van der Waals surface area contributed by atoms with Crippen LogP contribution in [0, 0.1) is 23.7 Å². The highest BCUT2D eigenvalue weighted by Gasteiger charge is 2.36. The molecule has 2 aromatic heterocycles. The SMILES string of the molecule is C=CC(=O)OCCc1ccc(OC(=O)C2CCC(C3CCC(C(=O)Oc4ccc(CCOC(=O)C=C)c(/C=N/N(CCCCCC)c5nc6ccccc6s5)c4)CC3)CC2)cc1/C=N/N(CCCCCC)c1nc2ccccc2s1. The van der Waals surface area contributed by atoms with E-state index in [4.69, 9.17) is 39.1 Å². The van der Waals surface area contributed by atoms with Crippen LogP contribution < -0.4 is 19.5 Å². The number of aromatic nitrogens is 2. The molecule has 0 aliphatic heterocycles. The van der Waals surface area contributed by atoms with E-state index in [0.29, 0.717) is 49.3 Å². The molecule has 422 valence electrons. The number of carbonyl (C=O) groups excluding carboxylic acids is 4. The standard InChI is InChI=1S/C64H76N6O8S2/c1-5-9-11-17-37-69(63-67-55-19-13-15-21-57(55)79-63)65-43-51-41-53(33-31-47(51)35-39-75-59(71)7-3)77-61(73)49-27-23-45(24-28-49)46-25-29-50(30-26-46)62(74)78-54-34-32-48(36-40-76-60(72)8-4)52(42-54)44-66-70(38-18-12-10-6-2)64-68-56-20-14-16-22-58(56)80-64/h7-8,13-16,19-22,31-34,41-46,49-50H,3-6,9-12,17-18,23-30,35-40H2,1-2H3/b65-43+,66-44+. The molecule has 16 heteroatoms. The van der Waals surface area contributed by atoms with Crippen molar-refractivity contribution in [1.29, 1.82) is 0 Å². The highest BCUT2D eigenvalue weighted by Crippen LogP contribution is 2.42. The molecular formula is C64H76N6O8S2. The zero-order chi connectivity index (χ0) is 56.1. The molecular weight excluding hydrogens is 1040 g/mol. The van der Waals surface area contributed by atoms with Crippen LogP contribution in [0.25, 0.3) is 20.4 Å². The first-order valence-electron chi connectivity index (χ1n) is 28.7. The first-order valence-corrected chi connectivity index (χ1v) is 30.4. The fourth-order valence-electron chi connectivity index (χ4n) is 10.6. The minimum Gasteiger partial charge on any atom is -0.462 e. The van der Waals surface area contributed by atoms with Gasteiger partial charge in [0, 0.05) is 49.2 Å². The van der Waals surface area contributed by atoms with E-state index in [0.717, 1.165) is 168 Å². The molecule has 0 spiro atoms. The summed E-state index contributed by atoms with van der Waals surface area (Å²) in [6, 6.07) is 27.3. The van der Waals surface area contributed by atoms with Crippen LogP contribution in [0.5, 0.6) is 11.5 Å². The van der Waals surface area contributed by atoms with Crippen molar-refractivity contribution in [2.75, 3.05) is 36.3 Å². The maximum absolute atomic E-state index is 13.8. The molecule has 0 radical (unpaired) electrons. The van der Waals surface area contributed by atoms with E-state index < -0.39 is 11.9 Å². The highest BCUT2D eigenvalue weighted by molar-refractivity contribution is 7.22. The Morgan fingerprint density at radius 1 is 0.562 bits per heavy atom. The molecule has 0 bridgehead atoms. The molecule has 0 unspecified atom stereocenters. The zero-order valence-electron chi connectivity index (χ0n) is 46.4. The number of ether oxygens (including phenoxy) is 4. The lowest BCUT2D eigenvalue weighted by atomic mass is 9.69. The number of anilines is 2. The average molecular weight is 1120 g/mol. The molecule has 2 heterocycles. The van der Waals surface area contributed by atoms with Gasteiger partial charge in [0.05, 0.1) is 57.9 Å². The van der Waals surface area contributed by atoms with Gasteiger partial charge in [-0.3, -0.25) is 9.59 Å². The maximum atomic E-state index is 13.8. The number of hydrogen-bond donors (Lipinski definition) is 0. The third-order valence-corrected chi connectivity index (χ3v) is 17.3. The van der Waals surface area contributed by atoms with Crippen LogP contribution in [-0.4, -0.2) is 72.6 Å². The lowest BCUT2D eigenvalue weighted by Crippen LogP contribution is -2.32. The number of thiazole rings is 2. The number of para-hydroxylation sites is 2. The van der Waals surface area contributed by atoms with Gasteiger partial charge in [-0.1, -0.05) is 125 Å². The second-order valence-electron chi connectivity index (χ2n) is 20.8. The Kier molecular flexibility index (Phi) is 22.5. The number of hydrazone groups is 2. The summed E-state index contributed by atoms with van der Waals surface area (Å²) < 4.78 is 25.1. The molecule has 2 fully saturated rings.